The Morgan fingerprint density at radius 1 is 0.741 bits per heavy atom. The van der Waals surface area contributed by atoms with Gasteiger partial charge in [-0.15, -0.1) is 0 Å². The zero-order valence-corrected chi connectivity index (χ0v) is 16.0. The third-order valence-corrected chi connectivity index (χ3v) is 4.61. The second kappa shape index (κ2) is 12.1. The molecule has 0 unspecified atom stereocenters. The number of halogens is 1. The maximum Gasteiger partial charge on any atom is 0.217 e. The standard InChI is InChI=1S/C23H30FNO2/c24-20-13-17-22(18-14-20)27-21-15-11-19(12-16-21)9-7-5-3-1-2-4-6-8-10-23(25)26/h11-18H,1-10H2,(H2,25,26). The Kier molecular flexibility index (Phi) is 9.39. The maximum absolute atomic E-state index is 12.9. The molecule has 0 radical (unpaired) electrons. The predicted molar refractivity (Wildman–Crippen MR) is 107 cm³/mol. The average Bonchev–Trinajstić information content (AvgIpc) is 2.66. The van der Waals surface area contributed by atoms with E-state index in [4.69, 9.17) is 10.5 Å². The smallest absolute Gasteiger partial charge is 0.217 e. The van der Waals surface area contributed by atoms with E-state index in [1.165, 1.54) is 56.2 Å². The molecular formula is C23H30FNO2. The van der Waals surface area contributed by atoms with Crippen molar-refractivity contribution in [2.75, 3.05) is 0 Å². The summed E-state index contributed by atoms with van der Waals surface area (Å²) in [5.41, 5.74) is 6.44. The van der Waals surface area contributed by atoms with E-state index in [0.29, 0.717) is 12.2 Å². The van der Waals surface area contributed by atoms with Crippen LogP contribution < -0.4 is 10.5 Å². The molecule has 0 bridgehead atoms. The van der Waals surface area contributed by atoms with Gasteiger partial charge in [0, 0.05) is 6.42 Å². The Morgan fingerprint density at radius 2 is 1.22 bits per heavy atom. The molecule has 0 aliphatic rings. The lowest BCUT2D eigenvalue weighted by Gasteiger charge is -2.07. The van der Waals surface area contributed by atoms with Crippen LogP contribution in [-0.2, 0) is 11.2 Å². The van der Waals surface area contributed by atoms with Gasteiger partial charge in [0.25, 0.3) is 0 Å². The number of primary amides is 1. The second-order valence-corrected chi connectivity index (χ2v) is 6.99. The van der Waals surface area contributed by atoms with E-state index in [1.54, 1.807) is 12.1 Å². The van der Waals surface area contributed by atoms with Crippen molar-refractivity contribution >= 4 is 5.91 Å². The van der Waals surface area contributed by atoms with Crippen LogP contribution in [0.25, 0.3) is 0 Å². The van der Waals surface area contributed by atoms with Gasteiger partial charge in [0.15, 0.2) is 0 Å². The van der Waals surface area contributed by atoms with Gasteiger partial charge < -0.3 is 10.5 Å². The van der Waals surface area contributed by atoms with Crippen LogP contribution in [0.3, 0.4) is 0 Å². The van der Waals surface area contributed by atoms with E-state index in [1.807, 2.05) is 12.1 Å². The number of nitrogens with two attached hydrogens (primary N) is 1. The van der Waals surface area contributed by atoms with E-state index in [2.05, 4.69) is 12.1 Å². The number of aryl methyl sites for hydroxylation is 1. The number of benzene rings is 2. The topological polar surface area (TPSA) is 52.3 Å². The van der Waals surface area contributed by atoms with Crippen LogP contribution >= 0.6 is 0 Å². The van der Waals surface area contributed by atoms with Crippen LogP contribution in [-0.4, -0.2) is 5.91 Å². The van der Waals surface area contributed by atoms with Crippen LogP contribution in [0, 0.1) is 5.82 Å². The fourth-order valence-corrected chi connectivity index (χ4v) is 3.05. The number of carbonyl (C=O) groups excluding carboxylic acids is 1. The molecule has 0 saturated carbocycles. The van der Waals surface area contributed by atoms with E-state index in [0.717, 1.165) is 25.0 Å². The second-order valence-electron chi connectivity index (χ2n) is 6.99. The highest BCUT2D eigenvalue weighted by atomic mass is 19.1. The number of amides is 1. The molecule has 146 valence electrons. The maximum atomic E-state index is 12.9. The lowest BCUT2D eigenvalue weighted by atomic mass is 10.0. The quantitative estimate of drug-likeness (QED) is 0.429. The van der Waals surface area contributed by atoms with Crippen molar-refractivity contribution in [3.63, 3.8) is 0 Å². The predicted octanol–water partition coefficient (Wildman–Crippen LogP) is 6.16. The number of hydrogen-bond donors (Lipinski definition) is 1. The fourth-order valence-electron chi connectivity index (χ4n) is 3.05. The molecule has 0 atom stereocenters. The van der Waals surface area contributed by atoms with E-state index in [-0.39, 0.29) is 11.7 Å². The van der Waals surface area contributed by atoms with E-state index in [9.17, 15) is 9.18 Å². The summed E-state index contributed by atoms with van der Waals surface area (Å²) in [6.45, 7) is 0. The Balaban J connectivity index is 1.54. The van der Waals surface area contributed by atoms with Gasteiger partial charge in [0.2, 0.25) is 5.91 Å². The first-order valence-electron chi connectivity index (χ1n) is 9.94. The third-order valence-electron chi connectivity index (χ3n) is 4.61. The lowest BCUT2D eigenvalue weighted by molar-refractivity contribution is -0.118. The van der Waals surface area contributed by atoms with Crippen LogP contribution in [0.5, 0.6) is 11.5 Å². The normalized spacial score (nSPS) is 10.7. The molecule has 4 heteroatoms. The number of rotatable bonds is 13. The molecule has 2 N–H and O–H groups in total. The van der Waals surface area contributed by atoms with Gasteiger partial charge in [-0.1, -0.05) is 50.7 Å². The molecule has 0 heterocycles. The molecule has 0 saturated heterocycles. The van der Waals surface area contributed by atoms with Crippen LogP contribution in [0.15, 0.2) is 48.5 Å². The summed E-state index contributed by atoms with van der Waals surface area (Å²) in [6, 6.07) is 14.2. The summed E-state index contributed by atoms with van der Waals surface area (Å²) in [5, 5.41) is 0. The molecule has 0 aromatic heterocycles. The van der Waals surface area contributed by atoms with Gasteiger partial charge in [-0.3, -0.25) is 4.79 Å². The summed E-state index contributed by atoms with van der Waals surface area (Å²) in [4.78, 5) is 10.6. The minimum Gasteiger partial charge on any atom is -0.457 e. The molecule has 2 aromatic rings. The van der Waals surface area contributed by atoms with Crippen molar-refractivity contribution in [2.24, 2.45) is 5.73 Å². The van der Waals surface area contributed by atoms with Crippen molar-refractivity contribution in [2.45, 2.75) is 64.2 Å². The van der Waals surface area contributed by atoms with Crippen LogP contribution in [0.1, 0.15) is 63.4 Å². The number of ether oxygens (including phenoxy) is 1. The summed E-state index contributed by atoms with van der Waals surface area (Å²) in [7, 11) is 0. The van der Waals surface area contributed by atoms with Gasteiger partial charge in [0.05, 0.1) is 0 Å². The van der Waals surface area contributed by atoms with Crippen molar-refractivity contribution in [3.05, 3.63) is 59.9 Å². The number of unbranched alkanes of at least 4 members (excludes halogenated alkanes) is 7. The van der Waals surface area contributed by atoms with Crippen molar-refractivity contribution in [1.82, 2.24) is 0 Å². The van der Waals surface area contributed by atoms with Crippen LogP contribution in [0.2, 0.25) is 0 Å². The zero-order valence-electron chi connectivity index (χ0n) is 16.0. The Hall–Kier alpha value is -2.36. The molecule has 3 nitrogen and oxygen atoms in total. The highest BCUT2D eigenvalue weighted by molar-refractivity contribution is 5.73. The molecular weight excluding hydrogens is 341 g/mol. The van der Waals surface area contributed by atoms with Gasteiger partial charge in [-0.25, -0.2) is 4.39 Å². The lowest BCUT2D eigenvalue weighted by Crippen LogP contribution is -2.09. The molecule has 0 fully saturated rings. The minimum atomic E-state index is -0.263. The SMILES string of the molecule is NC(=O)CCCCCCCCCCc1ccc(Oc2ccc(F)cc2)cc1. The molecule has 0 spiro atoms. The van der Waals surface area contributed by atoms with Crippen molar-refractivity contribution < 1.29 is 13.9 Å². The number of carbonyl (C=O) groups is 1. The molecule has 0 aliphatic heterocycles. The first-order valence-corrected chi connectivity index (χ1v) is 9.94. The van der Waals surface area contributed by atoms with Gasteiger partial charge in [-0.2, -0.15) is 0 Å². The largest absolute Gasteiger partial charge is 0.457 e. The molecule has 2 rings (SSSR count). The fraction of sp³-hybridized carbons (Fsp3) is 0.435. The first-order chi connectivity index (χ1) is 13.1. The van der Waals surface area contributed by atoms with Crippen molar-refractivity contribution in [3.8, 4) is 11.5 Å². The Bertz CT molecular complexity index is 668. The minimum absolute atomic E-state index is 0.190. The van der Waals surface area contributed by atoms with Crippen molar-refractivity contribution in [1.29, 1.82) is 0 Å². The summed E-state index contributed by atoms with van der Waals surface area (Å²) in [5.74, 6) is 0.950. The monoisotopic (exact) mass is 371 g/mol. The zero-order chi connectivity index (χ0) is 19.3. The third kappa shape index (κ3) is 9.23. The van der Waals surface area contributed by atoms with E-state index >= 15 is 0 Å². The Labute approximate surface area is 161 Å². The first kappa shape index (κ1) is 20.9. The summed E-state index contributed by atoms with van der Waals surface area (Å²) < 4.78 is 18.6. The van der Waals surface area contributed by atoms with Gasteiger partial charge >= 0.3 is 0 Å². The average molecular weight is 371 g/mol. The Morgan fingerprint density at radius 3 is 1.78 bits per heavy atom. The number of hydrogen-bond acceptors (Lipinski definition) is 2. The summed E-state index contributed by atoms with van der Waals surface area (Å²) >= 11 is 0. The van der Waals surface area contributed by atoms with Gasteiger partial charge in [-0.05, 0) is 61.2 Å². The molecule has 2 aromatic carbocycles. The van der Waals surface area contributed by atoms with E-state index < -0.39 is 0 Å². The van der Waals surface area contributed by atoms with Crippen LogP contribution in [0.4, 0.5) is 4.39 Å². The molecule has 27 heavy (non-hydrogen) atoms. The summed E-state index contributed by atoms with van der Waals surface area (Å²) in [6.07, 6.45) is 11.0. The molecule has 1 amide bonds. The van der Waals surface area contributed by atoms with Gasteiger partial charge in [0.1, 0.15) is 17.3 Å². The molecule has 0 aliphatic carbocycles. The highest BCUT2D eigenvalue weighted by Crippen LogP contribution is 2.22. The highest BCUT2D eigenvalue weighted by Gasteiger charge is 2.00.